The van der Waals surface area contributed by atoms with Crippen molar-refractivity contribution < 1.29 is 4.79 Å². The molecule has 0 aliphatic heterocycles. The molecule has 0 saturated heterocycles. The van der Waals surface area contributed by atoms with Crippen molar-refractivity contribution >= 4 is 24.2 Å². The minimum absolute atomic E-state index is 0.606. The van der Waals surface area contributed by atoms with Crippen LogP contribution in [0.15, 0.2) is 24.4 Å². The van der Waals surface area contributed by atoms with Crippen LogP contribution in [0.25, 0.3) is 0 Å². The number of aromatic nitrogens is 1. The molecule has 1 heterocycles. The van der Waals surface area contributed by atoms with E-state index in [2.05, 4.69) is 4.98 Å². The van der Waals surface area contributed by atoms with Crippen LogP contribution in [0.4, 0.5) is 5.82 Å². The van der Waals surface area contributed by atoms with Gasteiger partial charge in [0.05, 0.1) is 0 Å². The average Bonchev–Trinajstić information content (AvgIpc) is 2.09. The molecule has 1 amide bonds. The number of hydrogen-bond acceptors (Lipinski definition) is 3. The number of rotatable bonds is 3. The van der Waals surface area contributed by atoms with Crippen molar-refractivity contribution in [1.82, 2.24) is 4.98 Å². The molecule has 0 saturated carbocycles. The maximum atomic E-state index is 10.3. The van der Waals surface area contributed by atoms with E-state index in [9.17, 15) is 4.79 Å². The second-order valence-electron chi connectivity index (χ2n) is 1.76. The van der Waals surface area contributed by atoms with E-state index in [0.717, 1.165) is 0 Å². The predicted octanol–water partition coefficient (Wildman–Crippen LogP) is 1.23. The minimum Gasteiger partial charge on any atom is -0.262 e. The first-order valence-corrected chi connectivity index (χ1v) is 4.19. The highest BCUT2D eigenvalue weighted by Crippen LogP contribution is 2.13. The Morgan fingerprint density at radius 1 is 1.64 bits per heavy atom. The van der Waals surface area contributed by atoms with Gasteiger partial charge in [0.1, 0.15) is 5.82 Å². The zero-order valence-corrected chi connectivity index (χ0v) is 6.84. The SMILES string of the molecule is CSN([C]=O)c1ccccn1. The molecule has 1 aromatic heterocycles. The van der Waals surface area contributed by atoms with Gasteiger partial charge in [0.25, 0.3) is 0 Å². The summed E-state index contributed by atoms with van der Waals surface area (Å²) < 4.78 is 1.33. The van der Waals surface area contributed by atoms with E-state index in [-0.39, 0.29) is 0 Å². The number of carbonyl (C=O) groups excluding carboxylic acids is 1. The van der Waals surface area contributed by atoms with Crippen LogP contribution in [0.2, 0.25) is 0 Å². The van der Waals surface area contributed by atoms with Crippen LogP contribution < -0.4 is 4.31 Å². The molecule has 1 rings (SSSR count). The van der Waals surface area contributed by atoms with Crippen molar-refractivity contribution in [1.29, 1.82) is 0 Å². The molecule has 0 atom stereocenters. The third-order valence-corrected chi connectivity index (χ3v) is 1.75. The van der Waals surface area contributed by atoms with Crippen molar-refractivity contribution in [2.75, 3.05) is 10.6 Å². The molecule has 0 aliphatic carbocycles. The summed E-state index contributed by atoms with van der Waals surface area (Å²) in [5.74, 6) is 0.606. The lowest BCUT2D eigenvalue weighted by Gasteiger charge is -2.09. The van der Waals surface area contributed by atoms with E-state index in [1.54, 1.807) is 31.0 Å². The molecule has 4 heteroatoms. The molecule has 0 spiro atoms. The van der Waals surface area contributed by atoms with Crippen molar-refractivity contribution in [2.45, 2.75) is 0 Å². The van der Waals surface area contributed by atoms with Gasteiger partial charge in [-0.05, 0) is 24.1 Å². The lowest BCUT2D eigenvalue weighted by Crippen LogP contribution is -2.11. The van der Waals surface area contributed by atoms with Crippen molar-refractivity contribution in [2.24, 2.45) is 0 Å². The first-order valence-electron chi connectivity index (χ1n) is 3.01. The standard InChI is InChI=1S/C7H7N2OS/c1-11-9(6-10)7-4-2-3-5-8-7/h2-5H,1H3. The quantitative estimate of drug-likeness (QED) is 0.501. The van der Waals surface area contributed by atoms with Crippen molar-refractivity contribution in [3.05, 3.63) is 24.4 Å². The summed E-state index contributed by atoms with van der Waals surface area (Å²) in [4.78, 5) is 14.2. The van der Waals surface area contributed by atoms with Crippen molar-refractivity contribution in [3.8, 4) is 0 Å². The Bertz CT molecular complexity index is 227. The van der Waals surface area contributed by atoms with Gasteiger partial charge in [-0.1, -0.05) is 6.07 Å². The highest BCUT2D eigenvalue weighted by molar-refractivity contribution is 8.00. The summed E-state index contributed by atoms with van der Waals surface area (Å²) in [6.45, 7) is 0. The average molecular weight is 167 g/mol. The Balaban J connectivity index is 2.82. The first kappa shape index (κ1) is 8.07. The molecular formula is C7H7N2OS. The van der Waals surface area contributed by atoms with Crippen LogP contribution in [0.5, 0.6) is 0 Å². The van der Waals surface area contributed by atoms with Gasteiger partial charge in [0, 0.05) is 12.5 Å². The molecule has 1 aromatic rings. The van der Waals surface area contributed by atoms with Crippen LogP contribution >= 0.6 is 11.9 Å². The Hall–Kier alpha value is -1.03. The molecule has 0 N–H and O–H groups in total. The third-order valence-electron chi connectivity index (χ3n) is 1.12. The van der Waals surface area contributed by atoms with E-state index >= 15 is 0 Å². The van der Waals surface area contributed by atoms with Gasteiger partial charge in [-0.3, -0.25) is 4.79 Å². The number of hydrogen-bond donors (Lipinski definition) is 0. The zero-order chi connectivity index (χ0) is 8.10. The molecule has 0 fully saturated rings. The van der Waals surface area contributed by atoms with Crippen LogP contribution in [-0.2, 0) is 4.79 Å². The second kappa shape index (κ2) is 3.98. The second-order valence-corrected chi connectivity index (χ2v) is 2.49. The monoisotopic (exact) mass is 167 g/mol. The number of anilines is 1. The van der Waals surface area contributed by atoms with E-state index in [4.69, 9.17) is 0 Å². The summed E-state index contributed by atoms with van der Waals surface area (Å²) in [6, 6.07) is 5.37. The maximum absolute atomic E-state index is 10.3. The lowest BCUT2D eigenvalue weighted by molar-refractivity contribution is 0.558. The van der Waals surface area contributed by atoms with Gasteiger partial charge in [0.2, 0.25) is 0 Å². The van der Waals surface area contributed by atoms with E-state index < -0.39 is 0 Å². The van der Waals surface area contributed by atoms with Gasteiger partial charge in [-0.15, -0.1) is 0 Å². The normalized spacial score (nSPS) is 9.18. The van der Waals surface area contributed by atoms with Gasteiger partial charge >= 0.3 is 6.41 Å². The highest BCUT2D eigenvalue weighted by Gasteiger charge is 2.03. The van der Waals surface area contributed by atoms with E-state index in [1.165, 1.54) is 16.3 Å². The summed E-state index contributed by atoms with van der Waals surface area (Å²) in [5, 5.41) is 0. The Morgan fingerprint density at radius 3 is 2.91 bits per heavy atom. The van der Waals surface area contributed by atoms with E-state index in [1.807, 2.05) is 6.07 Å². The van der Waals surface area contributed by atoms with Gasteiger partial charge < -0.3 is 0 Å². The summed E-state index contributed by atoms with van der Waals surface area (Å²) >= 11 is 1.27. The van der Waals surface area contributed by atoms with Gasteiger partial charge in [-0.2, -0.15) is 0 Å². The molecule has 3 nitrogen and oxygen atoms in total. The number of amides is 1. The fraction of sp³-hybridized carbons (Fsp3) is 0.143. The topological polar surface area (TPSA) is 33.2 Å². The fourth-order valence-corrected chi connectivity index (χ4v) is 1.02. The fourth-order valence-electron chi connectivity index (χ4n) is 0.651. The first-order chi connectivity index (χ1) is 5.38. The molecule has 1 radical (unpaired) electrons. The Labute approximate surface area is 69.6 Å². The van der Waals surface area contributed by atoms with Crippen LogP contribution in [-0.4, -0.2) is 17.6 Å². The van der Waals surface area contributed by atoms with Crippen LogP contribution in [0.3, 0.4) is 0 Å². The number of nitrogens with zero attached hydrogens (tertiary/aromatic N) is 2. The molecule has 0 bridgehead atoms. The Kier molecular flexibility index (Phi) is 2.92. The summed E-state index contributed by atoms with van der Waals surface area (Å²) in [7, 11) is 0. The smallest absolute Gasteiger partial charge is 0.262 e. The molecule has 11 heavy (non-hydrogen) atoms. The maximum Gasteiger partial charge on any atom is 0.329 e. The third kappa shape index (κ3) is 1.94. The van der Waals surface area contributed by atoms with Gasteiger partial charge in [-0.25, -0.2) is 9.29 Å². The molecule has 0 aliphatic rings. The molecule has 0 unspecified atom stereocenters. The lowest BCUT2D eigenvalue weighted by atomic mass is 10.5. The Morgan fingerprint density at radius 2 is 2.45 bits per heavy atom. The largest absolute Gasteiger partial charge is 0.329 e. The van der Waals surface area contributed by atoms with Gasteiger partial charge in [0.15, 0.2) is 0 Å². The molecule has 57 valence electrons. The molecule has 0 aromatic carbocycles. The predicted molar refractivity (Wildman–Crippen MR) is 45.9 cm³/mol. The van der Waals surface area contributed by atoms with Crippen molar-refractivity contribution in [3.63, 3.8) is 0 Å². The summed E-state index contributed by atoms with van der Waals surface area (Å²) in [5.41, 5.74) is 0. The minimum atomic E-state index is 0.606. The highest BCUT2D eigenvalue weighted by atomic mass is 32.2. The van der Waals surface area contributed by atoms with Crippen LogP contribution in [0, 0.1) is 0 Å². The van der Waals surface area contributed by atoms with E-state index in [0.29, 0.717) is 5.82 Å². The van der Waals surface area contributed by atoms with Crippen LogP contribution in [0.1, 0.15) is 0 Å². The zero-order valence-electron chi connectivity index (χ0n) is 6.02. The molecular weight excluding hydrogens is 160 g/mol. The number of pyridine rings is 1. The summed E-state index contributed by atoms with van der Waals surface area (Å²) in [6.07, 6.45) is 5.18.